The highest BCUT2D eigenvalue weighted by atomic mass is 16.5. The number of hydrogen-bond donors (Lipinski definition) is 1. The molecule has 0 radical (unpaired) electrons. The van der Waals surface area contributed by atoms with E-state index in [1.807, 2.05) is 12.1 Å². The highest BCUT2D eigenvalue weighted by Crippen LogP contribution is 2.48. The van der Waals surface area contributed by atoms with Crippen LogP contribution in [0, 0.1) is 23.7 Å². The first-order valence-corrected chi connectivity index (χ1v) is 9.39. The molecule has 24 heavy (non-hydrogen) atoms. The number of fused-ring (bicyclic) bond motifs is 2. The summed E-state index contributed by atoms with van der Waals surface area (Å²) in [6.45, 7) is 2.90. The number of nitrogens with one attached hydrogen (secondary N) is 1. The van der Waals surface area contributed by atoms with Crippen molar-refractivity contribution < 1.29 is 9.53 Å². The van der Waals surface area contributed by atoms with Gasteiger partial charge in [-0.1, -0.05) is 12.5 Å². The van der Waals surface area contributed by atoms with Crippen LogP contribution in [0.25, 0.3) is 0 Å². The van der Waals surface area contributed by atoms with Crippen molar-refractivity contribution in [2.75, 3.05) is 31.6 Å². The normalized spacial score (nSPS) is 31.5. The Morgan fingerprint density at radius 3 is 2.96 bits per heavy atom. The van der Waals surface area contributed by atoms with Gasteiger partial charge in [-0.15, -0.1) is 0 Å². The number of nitrogens with zero attached hydrogens (tertiary/aromatic N) is 1. The minimum Gasteiger partial charge on any atom is -0.497 e. The number of amides is 1. The molecule has 1 amide bonds. The van der Waals surface area contributed by atoms with Crippen LogP contribution in [0.5, 0.6) is 5.75 Å². The van der Waals surface area contributed by atoms with Gasteiger partial charge < -0.3 is 15.0 Å². The lowest BCUT2D eigenvalue weighted by Crippen LogP contribution is -2.37. The van der Waals surface area contributed by atoms with Crippen LogP contribution < -0.4 is 15.0 Å². The van der Waals surface area contributed by atoms with Crippen LogP contribution in [0.4, 0.5) is 5.69 Å². The summed E-state index contributed by atoms with van der Waals surface area (Å²) in [5.41, 5.74) is 1.22. The molecule has 3 aliphatic rings. The predicted molar refractivity (Wildman–Crippen MR) is 95.3 cm³/mol. The summed E-state index contributed by atoms with van der Waals surface area (Å²) in [5, 5.41) is 3.26. The molecule has 1 aliphatic heterocycles. The maximum atomic E-state index is 12.5. The fourth-order valence-corrected chi connectivity index (χ4v) is 4.98. The summed E-state index contributed by atoms with van der Waals surface area (Å²) in [4.78, 5) is 14.9. The van der Waals surface area contributed by atoms with Gasteiger partial charge >= 0.3 is 0 Å². The van der Waals surface area contributed by atoms with Gasteiger partial charge in [0.1, 0.15) is 5.75 Å². The SMILES string of the molecule is COc1cccc(N2CC[C@H](CNC(=O)[C@H]3C[C@H]4CC[C@H]3C4)C2)c1. The Labute approximate surface area is 144 Å². The van der Waals surface area contributed by atoms with Crippen molar-refractivity contribution in [1.29, 1.82) is 0 Å². The molecule has 1 N–H and O–H groups in total. The van der Waals surface area contributed by atoms with Crippen molar-refractivity contribution in [2.45, 2.75) is 32.1 Å². The summed E-state index contributed by atoms with van der Waals surface area (Å²) < 4.78 is 5.32. The summed E-state index contributed by atoms with van der Waals surface area (Å²) >= 11 is 0. The number of benzene rings is 1. The van der Waals surface area contributed by atoms with Gasteiger partial charge in [-0.3, -0.25) is 4.79 Å². The van der Waals surface area contributed by atoms with Gasteiger partial charge in [-0.25, -0.2) is 0 Å². The Morgan fingerprint density at radius 2 is 2.21 bits per heavy atom. The van der Waals surface area contributed by atoms with E-state index in [2.05, 4.69) is 22.3 Å². The highest BCUT2D eigenvalue weighted by Gasteiger charge is 2.43. The van der Waals surface area contributed by atoms with E-state index in [1.165, 1.54) is 24.9 Å². The van der Waals surface area contributed by atoms with Crippen molar-refractivity contribution in [3.8, 4) is 5.75 Å². The Hall–Kier alpha value is -1.71. The first-order chi connectivity index (χ1) is 11.7. The molecule has 1 saturated heterocycles. The molecule has 0 spiro atoms. The predicted octanol–water partition coefficient (Wildman–Crippen LogP) is 3.07. The maximum Gasteiger partial charge on any atom is 0.223 e. The largest absolute Gasteiger partial charge is 0.497 e. The lowest BCUT2D eigenvalue weighted by Gasteiger charge is -2.22. The molecule has 1 aromatic rings. The molecule has 4 heteroatoms. The number of hydrogen-bond acceptors (Lipinski definition) is 3. The smallest absolute Gasteiger partial charge is 0.223 e. The average Bonchev–Trinajstić information content (AvgIpc) is 3.36. The number of methoxy groups -OCH3 is 1. The van der Waals surface area contributed by atoms with Gasteiger partial charge in [-0.05, 0) is 55.6 Å². The van der Waals surface area contributed by atoms with Crippen LogP contribution in [0.3, 0.4) is 0 Å². The molecule has 3 fully saturated rings. The third kappa shape index (κ3) is 3.11. The lowest BCUT2D eigenvalue weighted by molar-refractivity contribution is -0.126. The van der Waals surface area contributed by atoms with E-state index in [4.69, 9.17) is 4.74 Å². The van der Waals surface area contributed by atoms with Gasteiger partial charge in [0.25, 0.3) is 0 Å². The minimum atomic E-state index is 0.305. The Bertz CT molecular complexity index is 603. The molecule has 4 atom stereocenters. The number of carbonyl (C=O) groups is 1. The second-order valence-electron chi connectivity index (χ2n) is 7.83. The van der Waals surface area contributed by atoms with E-state index in [-0.39, 0.29) is 0 Å². The third-order valence-electron chi connectivity index (χ3n) is 6.34. The van der Waals surface area contributed by atoms with Crippen LogP contribution in [-0.2, 0) is 4.79 Å². The van der Waals surface area contributed by atoms with Gasteiger partial charge in [0.05, 0.1) is 7.11 Å². The summed E-state index contributed by atoms with van der Waals surface area (Å²) in [7, 11) is 1.71. The van der Waals surface area contributed by atoms with E-state index in [0.29, 0.717) is 23.7 Å². The number of anilines is 1. The van der Waals surface area contributed by atoms with Gasteiger partial charge in [0, 0.05) is 37.3 Å². The standard InChI is InChI=1S/C20H28N2O2/c1-24-18-4-2-3-17(11-18)22-8-7-15(13-22)12-21-20(23)19-10-14-5-6-16(19)9-14/h2-4,11,14-16,19H,5-10,12-13H2,1H3,(H,21,23)/t14-,15+,16-,19-/m0/s1. The molecule has 2 saturated carbocycles. The Kier molecular flexibility index (Phi) is 4.38. The van der Waals surface area contributed by atoms with E-state index in [9.17, 15) is 4.79 Å². The molecule has 1 aromatic carbocycles. The van der Waals surface area contributed by atoms with Crippen molar-refractivity contribution in [3.05, 3.63) is 24.3 Å². The first kappa shape index (κ1) is 15.8. The molecule has 0 unspecified atom stereocenters. The fourth-order valence-electron chi connectivity index (χ4n) is 4.98. The highest BCUT2D eigenvalue weighted by molar-refractivity contribution is 5.79. The summed E-state index contributed by atoms with van der Waals surface area (Å²) in [6.07, 6.45) is 6.21. The van der Waals surface area contributed by atoms with Crippen molar-refractivity contribution in [1.82, 2.24) is 5.32 Å². The van der Waals surface area contributed by atoms with Crippen LogP contribution in [-0.4, -0.2) is 32.7 Å². The molecular formula is C20H28N2O2. The Morgan fingerprint density at radius 1 is 1.29 bits per heavy atom. The second kappa shape index (κ2) is 6.66. The van der Waals surface area contributed by atoms with Crippen LogP contribution >= 0.6 is 0 Å². The van der Waals surface area contributed by atoms with Gasteiger partial charge in [0.2, 0.25) is 5.91 Å². The zero-order valence-corrected chi connectivity index (χ0v) is 14.5. The fraction of sp³-hybridized carbons (Fsp3) is 0.650. The number of rotatable bonds is 5. The van der Waals surface area contributed by atoms with E-state index < -0.39 is 0 Å². The average molecular weight is 328 g/mol. The van der Waals surface area contributed by atoms with Crippen molar-refractivity contribution >= 4 is 11.6 Å². The minimum absolute atomic E-state index is 0.305. The van der Waals surface area contributed by atoms with E-state index in [1.54, 1.807) is 7.11 Å². The lowest BCUT2D eigenvalue weighted by atomic mass is 9.88. The monoisotopic (exact) mass is 328 g/mol. The molecule has 130 valence electrons. The molecule has 1 heterocycles. The van der Waals surface area contributed by atoms with Crippen LogP contribution in [0.2, 0.25) is 0 Å². The summed E-state index contributed by atoms with van der Waals surface area (Å²) in [5.74, 6) is 3.59. The molecule has 4 nitrogen and oxygen atoms in total. The number of ether oxygens (including phenoxy) is 1. The van der Waals surface area contributed by atoms with E-state index >= 15 is 0 Å². The first-order valence-electron chi connectivity index (χ1n) is 9.39. The Balaban J connectivity index is 1.27. The molecule has 2 bridgehead atoms. The zero-order valence-electron chi connectivity index (χ0n) is 14.5. The van der Waals surface area contributed by atoms with E-state index in [0.717, 1.165) is 44.1 Å². The maximum absolute atomic E-state index is 12.5. The number of carbonyl (C=O) groups excluding carboxylic acids is 1. The van der Waals surface area contributed by atoms with Crippen LogP contribution in [0.15, 0.2) is 24.3 Å². The molecule has 0 aromatic heterocycles. The van der Waals surface area contributed by atoms with Crippen molar-refractivity contribution in [3.63, 3.8) is 0 Å². The van der Waals surface area contributed by atoms with Gasteiger partial charge in [0.15, 0.2) is 0 Å². The third-order valence-corrected chi connectivity index (χ3v) is 6.34. The topological polar surface area (TPSA) is 41.6 Å². The second-order valence-corrected chi connectivity index (χ2v) is 7.83. The van der Waals surface area contributed by atoms with Crippen LogP contribution in [0.1, 0.15) is 32.1 Å². The molecular weight excluding hydrogens is 300 g/mol. The van der Waals surface area contributed by atoms with Crippen molar-refractivity contribution in [2.24, 2.45) is 23.7 Å². The zero-order chi connectivity index (χ0) is 16.5. The van der Waals surface area contributed by atoms with Gasteiger partial charge in [-0.2, -0.15) is 0 Å². The summed E-state index contributed by atoms with van der Waals surface area (Å²) in [6, 6.07) is 8.25. The quantitative estimate of drug-likeness (QED) is 0.903. The molecule has 4 rings (SSSR count). The molecule has 2 aliphatic carbocycles.